The molecule has 0 aliphatic heterocycles. The van der Waals surface area contributed by atoms with Crippen molar-refractivity contribution in [2.75, 3.05) is 13.7 Å². The van der Waals surface area contributed by atoms with E-state index in [-0.39, 0.29) is 0 Å². The van der Waals surface area contributed by atoms with Crippen molar-refractivity contribution >= 4 is 10.8 Å². The number of hydrogen-bond acceptors (Lipinski definition) is 3. The highest BCUT2D eigenvalue weighted by atomic mass is 16.5. The molecule has 3 heteroatoms. The van der Waals surface area contributed by atoms with Crippen molar-refractivity contribution in [3.63, 3.8) is 0 Å². The summed E-state index contributed by atoms with van der Waals surface area (Å²) in [7, 11) is 1.68. The summed E-state index contributed by atoms with van der Waals surface area (Å²) in [6, 6.07) is 14.8. The molecule has 0 aliphatic rings. The van der Waals surface area contributed by atoms with Crippen LogP contribution in [0.2, 0.25) is 0 Å². The zero-order valence-electron chi connectivity index (χ0n) is 12.2. The molecule has 2 aromatic rings. The number of hydrogen-bond donors (Lipinski definition) is 1. The number of benzene rings is 2. The molecule has 3 nitrogen and oxygen atoms in total. The molecule has 20 heavy (non-hydrogen) atoms. The number of ether oxygens (including phenoxy) is 1. The van der Waals surface area contributed by atoms with Crippen LogP contribution in [0.4, 0.5) is 0 Å². The average Bonchev–Trinajstić information content (AvgIpc) is 2.46. The summed E-state index contributed by atoms with van der Waals surface area (Å²) in [5, 5.41) is 14.6. The normalized spacial score (nSPS) is 11.3. The van der Waals surface area contributed by atoms with Gasteiger partial charge in [-0.05, 0) is 48.7 Å². The maximum Gasteiger partial charge on any atom is 0.119 e. The first-order valence-electron chi connectivity index (χ1n) is 6.77. The van der Waals surface area contributed by atoms with Crippen molar-refractivity contribution < 1.29 is 4.74 Å². The van der Waals surface area contributed by atoms with Gasteiger partial charge in [0, 0.05) is 6.54 Å². The Kier molecular flexibility index (Phi) is 4.26. The molecule has 0 atom stereocenters. The highest BCUT2D eigenvalue weighted by Gasteiger charge is 2.14. The van der Waals surface area contributed by atoms with Crippen molar-refractivity contribution in [2.24, 2.45) is 0 Å². The summed E-state index contributed by atoms with van der Waals surface area (Å²) in [4.78, 5) is 0. The molecule has 0 heterocycles. The van der Waals surface area contributed by atoms with E-state index in [1.54, 1.807) is 7.11 Å². The third kappa shape index (κ3) is 3.49. The minimum Gasteiger partial charge on any atom is -0.497 e. The first-order chi connectivity index (χ1) is 9.54. The number of methoxy groups -OCH3 is 1. The van der Waals surface area contributed by atoms with E-state index in [1.165, 1.54) is 16.3 Å². The van der Waals surface area contributed by atoms with E-state index < -0.39 is 5.54 Å². The first-order valence-corrected chi connectivity index (χ1v) is 6.77. The van der Waals surface area contributed by atoms with Crippen LogP contribution in [0.25, 0.3) is 10.8 Å². The highest BCUT2D eigenvalue weighted by Crippen LogP contribution is 2.22. The fourth-order valence-corrected chi connectivity index (χ4v) is 2.11. The molecule has 0 aliphatic carbocycles. The fraction of sp³-hybridized carbons (Fsp3) is 0.353. The summed E-state index contributed by atoms with van der Waals surface area (Å²) >= 11 is 0. The zero-order chi connectivity index (χ0) is 14.6. The van der Waals surface area contributed by atoms with E-state index in [4.69, 9.17) is 10.00 Å². The largest absolute Gasteiger partial charge is 0.497 e. The summed E-state index contributed by atoms with van der Waals surface area (Å²) in [6.45, 7) is 4.57. The van der Waals surface area contributed by atoms with Crippen LogP contribution < -0.4 is 10.1 Å². The molecule has 0 saturated carbocycles. The SMILES string of the molecule is COc1ccc2cc(CCNC(C)(C)C#N)ccc2c1. The van der Waals surface area contributed by atoms with Crippen LogP contribution in [-0.2, 0) is 6.42 Å². The molecule has 0 amide bonds. The van der Waals surface area contributed by atoms with Crippen LogP contribution in [0, 0.1) is 11.3 Å². The van der Waals surface area contributed by atoms with Gasteiger partial charge in [-0.15, -0.1) is 0 Å². The van der Waals surface area contributed by atoms with Gasteiger partial charge in [0.2, 0.25) is 0 Å². The Balaban J connectivity index is 2.07. The number of nitrogens with zero attached hydrogens (tertiary/aromatic N) is 1. The fourth-order valence-electron chi connectivity index (χ4n) is 2.11. The molecule has 104 valence electrons. The van der Waals surface area contributed by atoms with E-state index in [0.29, 0.717) is 0 Å². The lowest BCUT2D eigenvalue weighted by Gasteiger charge is -2.17. The average molecular weight is 268 g/mol. The standard InChI is InChI=1S/C17H20N2O/c1-17(2,12-18)19-9-8-13-4-5-15-11-16(20-3)7-6-14(15)10-13/h4-7,10-11,19H,8-9H2,1-3H3. The second-order valence-electron chi connectivity index (χ2n) is 5.46. The summed E-state index contributed by atoms with van der Waals surface area (Å²) < 4.78 is 5.23. The van der Waals surface area contributed by atoms with Crippen LogP contribution >= 0.6 is 0 Å². The predicted octanol–water partition coefficient (Wildman–Crippen LogP) is 3.28. The lowest BCUT2D eigenvalue weighted by Crippen LogP contribution is -2.38. The predicted molar refractivity (Wildman–Crippen MR) is 81.9 cm³/mol. The van der Waals surface area contributed by atoms with Gasteiger partial charge in [-0.1, -0.05) is 24.3 Å². The van der Waals surface area contributed by atoms with Crippen LogP contribution in [0.3, 0.4) is 0 Å². The maximum absolute atomic E-state index is 8.96. The van der Waals surface area contributed by atoms with Crippen molar-refractivity contribution in [3.05, 3.63) is 42.0 Å². The molecular formula is C17H20N2O. The van der Waals surface area contributed by atoms with Gasteiger partial charge in [0.15, 0.2) is 0 Å². The molecule has 0 bridgehead atoms. The number of fused-ring (bicyclic) bond motifs is 1. The third-order valence-electron chi connectivity index (χ3n) is 3.37. The van der Waals surface area contributed by atoms with Gasteiger partial charge < -0.3 is 4.74 Å². The Morgan fingerprint density at radius 2 is 1.85 bits per heavy atom. The van der Waals surface area contributed by atoms with Crippen molar-refractivity contribution in [3.8, 4) is 11.8 Å². The third-order valence-corrected chi connectivity index (χ3v) is 3.37. The van der Waals surface area contributed by atoms with Gasteiger partial charge in [0.05, 0.1) is 13.2 Å². The summed E-state index contributed by atoms with van der Waals surface area (Å²) in [5.74, 6) is 0.877. The lowest BCUT2D eigenvalue weighted by atomic mass is 10.0. The second-order valence-corrected chi connectivity index (χ2v) is 5.46. The maximum atomic E-state index is 8.96. The minimum atomic E-state index is -0.468. The second kappa shape index (κ2) is 5.94. The molecule has 2 rings (SSSR count). The summed E-state index contributed by atoms with van der Waals surface area (Å²) in [5.41, 5.74) is 0.799. The molecule has 0 spiro atoms. The van der Waals surface area contributed by atoms with E-state index in [2.05, 4.69) is 35.7 Å². The van der Waals surface area contributed by atoms with Crippen LogP contribution in [0.1, 0.15) is 19.4 Å². The summed E-state index contributed by atoms with van der Waals surface area (Å²) in [6.07, 6.45) is 0.910. The Hall–Kier alpha value is -2.05. The first kappa shape index (κ1) is 14.4. The van der Waals surface area contributed by atoms with Crippen LogP contribution in [0.15, 0.2) is 36.4 Å². The Morgan fingerprint density at radius 1 is 1.15 bits per heavy atom. The topological polar surface area (TPSA) is 45.0 Å². The molecule has 0 fully saturated rings. The number of nitriles is 1. The van der Waals surface area contributed by atoms with E-state index >= 15 is 0 Å². The molecule has 0 radical (unpaired) electrons. The quantitative estimate of drug-likeness (QED) is 0.905. The van der Waals surface area contributed by atoms with E-state index in [1.807, 2.05) is 26.0 Å². The lowest BCUT2D eigenvalue weighted by molar-refractivity contribution is 0.415. The van der Waals surface area contributed by atoms with Crippen molar-refractivity contribution in [1.29, 1.82) is 5.26 Å². The zero-order valence-corrected chi connectivity index (χ0v) is 12.2. The van der Waals surface area contributed by atoms with Crippen molar-refractivity contribution in [1.82, 2.24) is 5.32 Å². The highest BCUT2D eigenvalue weighted by molar-refractivity contribution is 5.84. The number of nitrogens with one attached hydrogen (secondary N) is 1. The molecule has 0 aromatic heterocycles. The Morgan fingerprint density at radius 3 is 2.55 bits per heavy atom. The molecule has 0 saturated heterocycles. The van der Waals surface area contributed by atoms with Gasteiger partial charge >= 0.3 is 0 Å². The van der Waals surface area contributed by atoms with E-state index in [9.17, 15) is 0 Å². The minimum absolute atomic E-state index is 0.468. The molecular weight excluding hydrogens is 248 g/mol. The van der Waals surface area contributed by atoms with Gasteiger partial charge in [-0.3, -0.25) is 5.32 Å². The monoisotopic (exact) mass is 268 g/mol. The Bertz CT molecular complexity index is 641. The molecule has 0 unspecified atom stereocenters. The van der Waals surface area contributed by atoms with Gasteiger partial charge in [0.1, 0.15) is 11.3 Å². The molecule has 2 aromatic carbocycles. The number of rotatable bonds is 5. The van der Waals surface area contributed by atoms with Gasteiger partial charge in [-0.2, -0.15) is 5.26 Å². The van der Waals surface area contributed by atoms with Crippen LogP contribution in [-0.4, -0.2) is 19.2 Å². The van der Waals surface area contributed by atoms with Gasteiger partial charge in [-0.25, -0.2) is 0 Å². The van der Waals surface area contributed by atoms with Crippen molar-refractivity contribution in [2.45, 2.75) is 25.8 Å². The van der Waals surface area contributed by atoms with Gasteiger partial charge in [0.25, 0.3) is 0 Å². The smallest absolute Gasteiger partial charge is 0.119 e. The van der Waals surface area contributed by atoms with E-state index in [0.717, 1.165) is 18.7 Å². The van der Waals surface area contributed by atoms with Crippen LogP contribution in [0.5, 0.6) is 5.75 Å². The Labute approximate surface area is 120 Å². The molecule has 1 N–H and O–H groups in total.